The second kappa shape index (κ2) is 17.0. The van der Waals surface area contributed by atoms with Crippen LogP contribution in [0, 0.1) is 17.6 Å². The molecule has 46 heavy (non-hydrogen) atoms. The molecule has 0 radical (unpaired) electrons. The normalized spacial score (nSPS) is 17.6. The number of alkyl halides is 2. The Labute approximate surface area is 264 Å². The Morgan fingerprint density at radius 1 is 1.04 bits per heavy atom. The lowest BCUT2D eigenvalue weighted by Crippen LogP contribution is -2.55. The van der Waals surface area contributed by atoms with Gasteiger partial charge in [-0.3, -0.25) is 14.4 Å². The topological polar surface area (TPSA) is 145 Å². The van der Waals surface area contributed by atoms with E-state index in [1.54, 1.807) is 13.8 Å². The average Bonchev–Trinajstić information content (AvgIpc) is 3.44. The lowest BCUT2D eigenvalue weighted by atomic mass is 10.1. The molecule has 4 atom stereocenters. The molecule has 1 heterocycles. The van der Waals surface area contributed by atoms with Gasteiger partial charge in [0.15, 0.2) is 0 Å². The van der Waals surface area contributed by atoms with Crippen molar-refractivity contribution < 1.29 is 51.7 Å². The number of benzene rings is 2. The first-order chi connectivity index (χ1) is 21.8. The van der Waals surface area contributed by atoms with Crippen LogP contribution in [-0.2, 0) is 32.0 Å². The predicted octanol–water partition coefficient (Wildman–Crippen LogP) is 3.10. The summed E-state index contributed by atoms with van der Waals surface area (Å²) in [5, 5.41) is 23.9. The zero-order valence-corrected chi connectivity index (χ0v) is 25.6. The van der Waals surface area contributed by atoms with E-state index in [2.05, 4.69) is 10.6 Å². The summed E-state index contributed by atoms with van der Waals surface area (Å²) in [5.74, 6) is -7.02. The van der Waals surface area contributed by atoms with E-state index in [1.807, 2.05) is 30.3 Å². The minimum Gasteiger partial charge on any atom is -0.478 e. The maximum absolute atomic E-state index is 14.3. The van der Waals surface area contributed by atoms with Crippen LogP contribution in [0.2, 0.25) is 0 Å². The van der Waals surface area contributed by atoms with Gasteiger partial charge in [-0.1, -0.05) is 44.2 Å². The van der Waals surface area contributed by atoms with Gasteiger partial charge in [0, 0.05) is 38.1 Å². The quantitative estimate of drug-likeness (QED) is 0.161. The monoisotopic (exact) mass is 653 g/mol. The van der Waals surface area contributed by atoms with Crippen LogP contribution in [0.3, 0.4) is 0 Å². The molecule has 0 aromatic heterocycles. The van der Waals surface area contributed by atoms with Gasteiger partial charge in [0.2, 0.25) is 18.2 Å². The van der Waals surface area contributed by atoms with Crippen LogP contribution >= 0.6 is 0 Å². The van der Waals surface area contributed by atoms with Gasteiger partial charge >= 0.3 is 5.97 Å². The van der Waals surface area contributed by atoms with Gasteiger partial charge in [-0.15, -0.1) is 0 Å². The van der Waals surface area contributed by atoms with E-state index in [9.17, 15) is 41.8 Å². The Morgan fingerprint density at radius 2 is 1.70 bits per heavy atom. The van der Waals surface area contributed by atoms with Crippen molar-refractivity contribution in [2.45, 2.75) is 76.7 Å². The van der Waals surface area contributed by atoms with Gasteiger partial charge in [-0.25, -0.2) is 22.4 Å². The number of amides is 3. The Bertz CT molecular complexity index is 1340. The molecule has 3 rings (SSSR count). The smallest absolute Gasteiger partial charge is 0.335 e. The van der Waals surface area contributed by atoms with Crippen molar-refractivity contribution in [2.24, 2.45) is 5.92 Å². The standard InChI is InChI=1S/C32H39F4N3O7/c1-18(2)28(40)31(43)39-17-21(46-12-6-9-19-7-4-3-5-8-19)15-26(39)30(42)38-25(16-27(35)36)29(41)37-11-10-22-23(33)13-20(32(44)45)14-24(22)34/h3-5,7-8,13-14,18,21,25-28,40H,6,9-12,15-17H2,1-2H3,(H,37,41)(H,38,42)(H,44,45)/t21-,25+,26+,28+/m1/s1. The van der Waals surface area contributed by atoms with Gasteiger partial charge in [0.25, 0.3) is 5.91 Å². The number of hydrogen-bond donors (Lipinski definition) is 4. The number of aliphatic hydroxyl groups is 1. The predicted molar refractivity (Wildman–Crippen MR) is 158 cm³/mol. The molecule has 0 spiro atoms. The van der Waals surface area contributed by atoms with Crippen LogP contribution in [0.25, 0.3) is 0 Å². The number of carboxylic acid groups (broad SMARTS) is 1. The molecular weight excluding hydrogens is 614 g/mol. The average molecular weight is 654 g/mol. The highest BCUT2D eigenvalue weighted by Gasteiger charge is 2.43. The molecule has 14 heteroatoms. The summed E-state index contributed by atoms with van der Waals surface area (Å²) in [6.07, 6.45) is -5.15. The van der Waals surface area contributed by atoms with E-state index in [-0.39, 0.29) is 13.0 Å². The van der Waals surface area contributed by atoms with Gasteiger partial charge in [-0.05, 0) is 42.9 Å². The van der Waals surface area contributed by atoms with Gasteiger partial charge in [0.05, 0.1) is 11.7 Å². The van der Waals surface area contributed by atoms with Crippen molar-refractivity contribution in [1.82, 2.24) is 15.5 Å². The zero-order valence-electron chi connectivity index (χ0n) is 25.6. The van der Waals surface area contributed by atoms with Gasteiger partial charge in [0.1, 0.15) is 29.8 Å². The Balaban J connectivity index is 1.65. The lowest BCUT2D eigenvalue weighted by Gasteiger charge is -2.28. The minimum atomic E-state index is -3.01. The van der Waals surface area contributed by atoms with Crippen LogP contribution < -0.4 is 10.6 Å². The number of nitrogens with one attached hydrogen (secondary N) is 2. The molecule has 1 saturated heterocycles. The van der Waals surface area contributed by atoms with Gasteiger partial charge in [-0.2, -0.15) is 0 Å². The number of halogens is 4. The first-order valence-corrected chi connectivity index (χ1v) is 15.0. The number of carbonyl (C=O) groups is 4. The molecule has 0 unspecified atom stereocenters. The van der Waals surface area contributed by atoms with Crippen LogP contribution in [0.4, 0.5) is 17.6 Å². The third-order valence-corrected chi connectivity index (χ3v) is 7.65. The van der Waals surface area contributed by atoms with Crippen LogP contribution in [0.5, 0.6) is 0 Å². The Kier molecular flexibility index (Phi) is 13.5. The second-order valence-electron chi connectivity index (χ2n) is 11.5. The van der Waals surface area contributed by atoms with Crippen molar-refractivity contribution in [3.63, 3.8) is 0 Å². The molecule has 2 aromatic carbocycles. The van der Waals surface area contributed by atoms with Crippen LogP contribution in [0.1, 0.15) is 54.6 Å². The fourth-order valence-corrected chi connectivity index (χ4v) is 5.11. The Morgan fingerprint density at radius 3 is 2.28 bits per heavy atom. The van der Waals surface area contributed by atoms with Crippen molar-refractivity contribution in [3.8, 4) is 0 Å². The van der Waals surface area contributed by atoms with Crippen LogP contribution in [-0.4, -0.2) is 89.2 Å². The molecule has 4 N–H and O–H groups in total. The van der Waals surface area contributed by atoms with E-state index < -0.39 is 102 Å². The first-order valence-electron chi connectivity index (χ1n) is 15.0. The molecule has 0 saturated carbocycles. The third-order valence-electron chi connectivity index (χ3n) is 7.65. The largest absolute Gasteiger partial charge is 0.478 e. The second-order valence-corrected chi connectivity index (χ2v) is 11.5. The number of aryl methyl sites for hydroxylation is 1. The highest BCUT2D eigenvalue weighted by molar-refractivity contribution is 5.93. The molecule has 1 aliphatic heterocycles. The maximum atomic E-state index is 14.3. The number of ether oxygens (including phenoxy) is 1. The summed E-state index contributed by atoms with van der Waals surface area (Å²) < 4.78 is 61.3. The number of rotatable bonds is 16. The van der Waals surface area contributed by atoms with Crippen molar-refractivity contribution >= 4 is 23.7 Å². The summed E-state index contributed by atoms with van der Waals surface area (Å²) in [4.78, 5) is 51.4. The molecule has 1 fully saturated rings. The first kappa shape index (κ1) is 36.4. The minimum absolute atomic E-state index is 0.00162. The molecule has 2 aromatic rings. The van der Waals surface area contributed by atoms with Crippen molar-refractivity contribution in [2.75, 3.05) is 19.7 Å². The molecular formula is C32H39F4N3O7. The highest BCUT2D eigenvalue weighted by Crippen LogP contribution is 2.24. The van der Waals surface area contributed by atoms with E-state index in [0.717, 1.165) is 16.9 Å². The summed E-state index contributed by atoms with van der Waals surface area (Å²) in [6, 6.07) is 7.96. The summed E-state index contributed by atoms with van der Waals surface area (Å²) in [5.41, 5.74) is -0.0117. The number of aliphatic hydroxyl groups excluding tert-OH is 1. The number of carboxylic acids is 1. The van der Waals surface area contributed by atoms with Gasteiger partial charge < -0.3 is 30.5 Å². The fourth-order valence-electron chi connectivity index (χ4n) is 5.11. The molecule has 3 amide bonds. The van der Waals surface area contributed by atoms with E-state index in [0.29, 0.717) is 25.2 Å². The molecule has 0 aliphatic carbocycles. The van der Waals surface area contributed by atoms with E-state index in [4.69, 9.17) is 9.84 Å². The molecule has 10 nitrogen and oxygen atoms in total. The summed E-state index contributed by atoms with van der Waals surface area (Å²) in [7, 11) is 0. The van der Waals surface area contributed by atoms with E-state index >= 15 is 0 Å². The maximum Gasteiger partial charge on any atom is 0.335 e. The third kappa shape index (κ3) is 10.2. The lowest BCUT2D eigenvalue weighted by molar-refractivity contribution is -0.147. The van der Waals surface area contributed by atoms with Crippen molar-refractivity contribution in [3.05, 3.63) is 70.8 Å². The van der Waals surface area contributed by atoms with E-state index in [1.165, 1.54) is 0 Å². The molecule has 1 aliphatic rings. The number of carbonyl (C=O) groups excluding carboxylic acids is 3. The number of aromatic carboxylic acids is 1. The molecule has 0 bridgehead atoms. The number of hydrogen-bond acceptors (Lipinski definition) is 6. The molecule has 252 valence electrons. The number of likely N-dealkylation sites (tertiary alicyclic amines) is 1. The Hall–Kier alpha value is -4.04. The summed E-state index contributed by atoms with van der Waals surface area (Å²) >= 11 is 0. The fraction of sp³-hybridized carbons (Fsp3) is 0.500. The zero-order chi connectivity index (χ0) is 34.0. The SMILES string of the molecule is CC(C)[C@H](O)C(=O)N1C[C@H](OCCCc2ccccc2)C[C@H]1C(=O)N[C@@H](CC(F)F)C(=O)NCCc1c(F)cc(C(=O)O)cc1F. The highest BCUT2D eigenvalue weighted by atomic mass is 19.3. The number of nitrogens with zero attached hydrogens (tertiary/aromatic N) is 1. The summed E-state index contributed by atoms with van der Waals surface area (Å²) in [6.45, 7) is 3.11. The van der Waals surface area contributed by atoms with Crippen LogP contribution in [0.15, 0.2) is 42.5 Å². The van der Waals surface area contributed by atoms with Crippen molar-refractivity contribution in [1.29, 1.82) is 0 Å².